The maximum atomic E-state index is 3.30. The minimum absolute atomic E-state index is 0.666. The Balaban J connectivity index is 3.48. The quantitative estimate of drug-likeness (QED) is 0.360. The van der Waals surface area contributed by atoms with E-state index in [1.165, 1.54) is 44.9 Å². The molecule has 1 heteroatoms. The molecule has 13 heavy (non-hydrogen) atoms. The zero-order valence-corrected chi connectivity index (χ0v) is 11.1. The van der Waals surface area contributed by atoms with E-state index in [1.54, 1.807) is 0 Å². The predicted octanol–water partition coefficient (Wildman–Crippen LogP) is 4.77. The molecule has 0 N–H and O–H groups in total. The minimum Gasteiger partial charge on any atom is -0.0885 e. The van der Waals surface area contributed by atoms with Crippen LogP contribution in [0.25, 0.3) is 0 Å². The normalized spacial score (nSPS) is 11.9. The molecule has 76 valence electrons. The minimum atomic E-state index is 0.666. The van der Waals surface area contributed by atoms with Gasteiger partial charge in [-0.15, -0.1) is 0 Å². The summed E-state index contributed by atoms with van der Waals surface area (Å²) in [6.07, 6.45) is 9.33. The molecule has 0 aromatic rings. The van der Waals surface area contributed by atoms with Gasteiger partial charge in [0.05, 0.1) is 0 Å². The van der Waals surface area contributed by atoms with E-state index in [1.807, 2.05) is 0 Å². The fourth-order valence-corrected chi connectivity index (χ4v) is 1.97. The topological polar surface area (TPSA) is 0 Å². The smallest absolute Gasteiger partial charge is 0.0210 e. The molecule has 0 aromatic heterocycles. The Morgan fingerprint density at radius 2 is 1.77 bits per heavy atom. The van der Waals surface area contributed by atoms with Crippen molar-refractivity contribution in [3.05, 3.63) is 0 Å². The highest BCUT2D eigenvalue weighted by atomic mass is 127. The predicted molar refractivity (Wildman–Crippen MR) is 69.0 cm³/mol. The summed E-state index contributed by atoms with van der Waals surface area (Å²) < 4.78 is 3.01. The number of rotatable bonds is 7. The van der Waals surface area contributed by atoms with Gasteiger partial charge in [0.25, 0.3) is 0 Å². The van der Waals surface area contributed by atoms with Gasteiger partial charge in [-0.1, -0.05) is 51.9 Å². The Kier molecular flexibility index (Phi) is 10.6. The van der Waals surface area contributed by atoms with Crippen LogP contribution in [-0.2, 0) is 0 Å². The van der Waals surface area contributed by atoms with E-state index >= 15 is 0 Å². The summed E-state index contributed by atoms with van der Waals surface area (Å²) in [5, 5.41) is 0. The second-order valence-electron chi connectivity index (χ2n) is 3.57. The Hall–Kier alpha value is 0.290. The molecular formula is C12H21I. The lowest BCUT2D eigenvalue weighted by Gasteiger charge is -2.07. The maximum absolute atomic E-state index is 3.30. The van der Waals surface area contributed by atoms with Crippen molar-refractivity contribution in [2.24, 2.45) is 5.92 Å². The van der Waals surface area contributed by atoms with Crippen molar-refractivity contribution in [2.75, 3.05) is 0 Å². The van der Waals surface area contributed by atoms with Gasteiger partial charge in [-0.3, -0.25) is 0 Å². The van der Waals surface area contributed by atoms with E-state index < -0.39 is 0 Å². The van der Waals surface area contributed by atoms with E-state index in [-0.39, 0.29) is 0 Å². The van der Waals surface area contributed by atoms with Gasteiger partial charge in [-0.25, -0.2) is 0 Å². The van der Waals surface area contributed by atoms with Crippen LogP contribution in [0.15, 0.2) is 0 Å². The summed E-state index contributed by atoms with van der Waals surface area (Å²) in [6.45, 7) is 4.50. The van der Waals surface area contributed by atoms with E-state index in [9.17, 15) is 0 Å². The van der Waals surface area contributed by atoms with Gasteiger partial charge < -0.3 is 0 Å². The number of unbranched alkanes of at least 4 members (excludes halogenated alkanes) is 3. The fraction of sp³-hybridized carbons (Fsp3) is 0.833. The number of hydrogen-bond donors (Lipinski definition) is 0. The molecule has 1 atom stereocenters. The summed E-state index contributed by atoms with van der Waals surface area (Å²) in [4.78, 5) is 0. The van der Waals surface area contributed by atoms with Crippen LogP contribution in [0.4, 0.5) is 0 Å². The molecule has 0 radical (unpaired) electrons. The second kappa shape index (κ2) is 10.4. The lowest BCUT2D eigenvalue weighted by atomic mass is 9.97. The SMILES string of the molecule is CCCCCCC(C#CI)CCC. The van der Waals surface area contributed by atoms with E-state index in [4.69, 9.17) is 0 Å². The molecule has 0 saturated carbocycles. The van der Waals surface area contributed by atoms with Crippen LogP contribution in [0.2, 0.25) is 0 Å². The van der Waals surface area contributed by atoms with Crippen molar-refractivity contribution < 1.29 is 0 Å². The van der Waals surface area contributed by atoms with Crippen LogP contribution in [-0.4, -0.2) is 0 Å². The third-order valence-corrected chi connectivity index (χ3v) is 2.61. The van der Waals surface area contributed by atoms with E-state index in [0.717, 1.165) is 0 Å². The maximum Gasteiger partial charge on any atom is 0.0210 e. The summed E-state index contributed by atoms with van der Waals surface area (Å²) in [5.74, 6) is 3.96. The van der Waals surface area contributed by atoms with Crippen LogP contribution in [0.3, 0.4) is 0 Å². The summed E-state index contributed by atoms with van der Waals surface area (Å²) in [6, 6.07) is 0. The van der Waals surface area contributed by atoms with Crippen molar-refractivity contribution in [1.82, 2.24) is 0 Å². The average molecular weight is 292 g/mol. The number of hydrogen-bond acceptors (Lipinski definition) is 0. The van der Waals surface area contributed by atoms with E-state index in [0.29, 0.717) is 5.92 Å². The van der Waals surface area contributed by atoms with Gasteiger partial charge in [-0.2, -0.15) is 0 Å². The van der Waals surface area contributed by atoms with E-state index in [2.05, 4.69) is 46.3 Å². The van der Waals surface area contributed by atoms with Gasteiger partial charge in [-0.05, 0) is 16.8 Å². The third-order valence-electron chi connectivity index (χ3n) is 2.30. The van der Waals surface area contributed by atoms with Gasteiger partial charge in [0.15, 0.2) is 0 Å². The van der Waals surface area contributed by atoms with Gasteiger partial charge >= 0.3 is 0 Å². The van der Waals surface area contributed by atoms with Crippen LogP contribution in [0, 0.1) is 15.8 Å². The first kappa shape index (κ1) is 13.3. The molecule has 0 aliphatic carbocycles. The summed E-state index contributed by atoms with van der Waals surface area (Å²) >= 11 is 2.15. The molecule has 0 spiro atoms. The van der Waals surface area contributed by atoms with Crippen LogP contribution in [0.1, 0.15) is 58.8 Å². The fourth-order valence-electron chi connectivity index (χ4n) is 1.53. The second-order valence-corrected chi connectivity index (χ2v) is 4.11. The molecule has 0 aliphatic rings. The molecule has 0 aliphatic heterocycles. The molecule has 0 rings (SSSR count). The highest BCUT2D eigenvalue weighted by Crippen LogP contribution is 2.15. The summed E-state index contributed by atoms with van der Waals surface area (Å²) in [7, 11) is 0. The Bertz CT molecular complexity index is 152. The Morgan fingerprint density at radius 1 is 1.00 bits per heavy atom. The standard InChI is InChI=1S/C12H21I/c1-3-5-6-7-9-12(8-4-2)10-11-13/h12H,3-9H2,1-2H3. The van der Waals surface area contributed by atoms with Crippen molar-refractivity contribution in [3.8, 4) is 9.85 Å². The zero-order valence-electron chi connectivity index (χ0n) is 8.91. The zero-order chi connectivity index (χ0) is 9.94. The lowest BCUT2D eigenvalue weighted by Crippen LogP contribution is -1.96. The van der Waals surface area contributed by atoms with Gasteiger partial charge in [0.1, 0.15) is 0 Å². The van der Waals surface area contributed by atoms with Crippen LogP contribution in [0.5, 0.6) is 0 Å². The van der Waals surface area contributed by atoms with Crippen molar-refractivity contribution in [1.29, 1.82) is 0 Å². The molecule has 0 amide bonds. The first-order valence-corrected chi connectivity index (χ1v) is 6.54. The van der Waals surface area contributed by atoms with Gasteiger partial charge in [0.2, 0.25) is 0 Å². The molecular weight excluding hydrogens is 271 g/mol. The molecule has 0 heterocycles. The number of halogens is 1. The molecule has 0 fully saturated rings. The van der Waals surface area contributed by atoms with Crippen LogP contribution >= 0.6 is 22.6 Å². The Labute approximate surface area is 97.0 Å². The highest BCUT2D eigenvalue weighted by Gasteiger charge is 2.02. The van der Waals surface area contributed by atoms with Crippen LogP contribution < -0.4 is 0 Å². The largest absolute Gasteiger partial charge is 0.0885 e. The van der Waals surface area contributed by atoms with Crippen molar-refractivity contribution in [2.45, 2.75) is 58.8 Å². The third kappa shape index (κ3) is 8.62. The lowest BCUT2D eigenvalue weighted by molar-refractivity contribution is 0.509. The summed E-state index contributed by atoms with van der Waals surface area (Å²) in [5.41, 5.74) is 0. The molecule has 1 unspecified atom stereocenters. The first-order valence-electron chi connectivity index (χ1n) is 5.46. The molecule has 0 nitrogen and oxygen atoms in total. The Morgan fingerprint density at radius 3 is 2.31 bits per heavy atom. The van der Waals surface area contributed by atoms with Crippen molar-refractivity contribution >= 4 is 22.6 Å². The van der Waals surface area contributed by atoms with Crippen molar-refractivity contribution in [3.63, 3.8) is 0 Å². The first-order chi connectivity index (χ1) is 6.35. The molecule has 0 saturated heterocycles. The monoisotopic (exact) mass is 292 g/mol. The van der Waals surface area contributed by atoms with Gasteiger partial charge in [0, 0.05) is 28.5 Å². The average Bonchev–Trinajstić information content (AvgIpc) is 2.13. The molecule has 0 aromatic carbocycles. The highest BCUT2D eigenvalue weighted by molar-refractivity contribution is 14.1. The molecule has 0 bridgehead atoms.